The van der Waals surface area contributed by atoms with Crippen molar-refractivity contribution in [3.8, 4) is 6.07 Å². The van der Waals surface area contributed by atoms with E-state index in [-0.39, 0.29) is 22.9 Å². The number of benzene rings is 2. The van der Waals surface area contributed by atoms with Gasteiger partial charge in [0.15, 0.2) is 0 Å². The quantitative estimate of drug-likeness (QED) is 0.890. The van der Waals surface area contributed by atoms with Gasteiger partial charge in [-0.25, -0.2) is 8.42 Å². The monoisotopic (exact) mass is 357 g/mol. The van der Waals surface area contributed by atoms with E-state index in [1.807, 2.05) is 6.07 Å². The molecule has 0 spiro atoms. The lowest BCUT2D eigenvalue weighted by Gasteiger charge is -2.25. The molecule has 0 bridgehead atoms. The predicted molar refractivity (Wildman–Crippen MR) is 96.8 cm³/mol. The first-order valence-corrected chi connectivity index (χ1v) is 9.15. The Bertz CT molecular complexity index is 946. The minimum atomic E-state index is -3.92. The zero-order valence-electron chi connectivity index (χ0n) is 14.3. The molecule has 2 aromatic carbocycles. The summed E-state index contributed by atoms with van der Waals surface area (Å²) in [5.74, 6) is -0.240. The maximum atomic E-state index is 13.1. The fourth-order valence-corrected chi connectivity index (χ4v) is 4.21. The number of nitriles is 1. The first-order chi connectivity index (χ1) is 11.8. The number of anilines is 2. The Morgan fingerprint density at radius 2 is 1.92 bits per heavy atom. The highest BCUT2D eigenvalue weighted by molar-refractivity contribution is 7.92. The molecule has 0 heterocycles. The smallest absolute Gasteiger partial charge is 0.265 e. The van der Waals surface area contributed by atoms with Gasteiger partial charge < -0.3 is 5.32 Å². The molecule has 7 heteroatoms. The van der Waals surface area contributed by atoms with Gasteiger partial charge in [-0.05, 0) is 43.7 Å². The molecule has 25 heavy (non-hydrogen) atoms. The molecule has 0 unspecified atom stereocenters. The summed E-state index contributed by atoms with van der Waals surface area (Å²) in [7, 11) is -3.92. The third-order valence-electron chi connectivity index (χ3n) is 3.66. The van der Waals surface area contributed by atoms with Crippen LogP contribution in [0.5, 0.6) is 0 Å². The highest BCUT2D eigenvalue weighted by atomic mass is 32.2. The van der Waals surface area contributed by atoms with Crippen LogP contribution < -0.4 is 9.62 Å². The van der Waals surface area contributed by atoms with E-state index in [9.17, 15) is 18.5 Å². The van der Waals surface area contributed by atoms with E-state index in [2.05, 4.69) is 5.32 Å². The van der Waals surface area contributed by atoms with Crippen LogP contribution in [0.15, 0.2) is 47.4 Å². The Balaban J connectivity index is 2.60. The number of sulfonamides is 1. The minimum absolute atomic E-state index is 0.0383. The highest BCUT2D eigenvalue weighted by Crippen LogP contribution is 2.30. The van der Waals surface area contributed by atoms with E-state index in [0.29, 0.717) is 11.4 Å². The molecular formula is C18H19N3O3S. The summed E-state index contributed by atoms with van der Waals surface area (Å²) in [4.78, 5) is 11.2. The molecule has 2 aromatic rings. The molecule has 0 saturated heterocycles. The molecule has 0 saturated carbocycles. The number of carbonyl (C=O) groups excluding carboxylic acids is 1. The third kappa shape index (κ3) is 3.80. The SMILES string of the molecule is CCN(c1cc(NC(C)=O)ccc1C)S(=O)(=O)c1ccccc1C#N. The normalized spacial score (nSPS) is 10.8. The first-order valence-electron chi connectivity index (χ1n) is 7.71. The molecule has 1 N–H and O–H groups in total. The number of rotatable bonds is 5. The van der Waals surface area contributed by atoms with Crippen molar-refractivity contribution >= 4 is 27.3 Å². The number of aryl methyl sites for hydroxylation is 1. The highest BCUT2D eigenvalue weighted by Gasteiger charge is 2.27. The second kappa shape index (κ2) is 7.36. The predicted octanol–water partition coefficient (Wildman–Crippen LogP) is 3.04. The molecule has 0 aromatic heterocycles. The van der Waals surface area contributed by atoms with Gasteiger partial charge in [-0.2, -0.15) is 5.26 Å². The number of nitrogens with one attached hydrogen (secondary N) is 1. The van der Waals surface area contributed by atoms with Gasteiger partial charge in [0, 0.05) is 19.2 Å². The number of hydrogen-bond acceptors (Lipinski definition) is 4. The van der Waals surface area contributed by atoms with Gasteiger partial charge in [-0.1, -0.05) is 18.2 Å². The van der Waals surface area contributed by atoms with E-state index in [1.165, 1.54) is 23.4 Å². The van der Waals surface area contributed by atoms with E-state index in [1.54, 1.807) is 44.2 Å². The van der Waals surface area contributed by atoms with Gasteiger partial charge in [-0.3, -0.25) is 9.10 Å². The Morgan fingerprint density at radius 3 is 2.52 bits per heavy atom. The van der Waals surface area contributed by atoms with Gasteiger partial charge in [-0.15, -0.1) is 0 Å². The largest absolute Gasteiger partial charge is 0.326 e. The maximum absolute atomic E-state index is 13.1. The Hall–Kier alpha value is -2.85. The molecule has 0 radical (unpaired) electrons. The van der Waals surface area contributed by atoms with E-state index >= 15 is 0 Å². The second-order valence-corrected chi connectivity index (χ2v) is 7.29. The summed E-state index contributed by atoms with van der Waals surface area (Å²) in [5, 5.41) is 11.9. The summed E-state index contributed by atoms with van der Waals surface area (Å²) in [5.41, 5.74) is 1.81. The Labute approximate surface area is 147 Å². The number of hydrogen-bond donors (Lipinski definition) is 1. The molecule has 0 atom stereocenters. The molecule has 6 nitrogen and oxygen atoms in total. The average molecular weight is 357 g/mol. The first kappa shape index (κ1) is 18.5. The van der Waals surface area contributed by atoms with Crippen molar-refractivity contribution < 1.29 is 13.2 Å². The van der Waals surface area contributed by atoms with Crippen LogP contribution in [0.3, 0.4) is 0 Å². The second-order valence-electron chi connectivity index (χ2n) is 5.46. The maximum Gasteiger partial charge on any atom is 0.265 e. The molecule has 130 valence electrons. The van der Waals surface area contributed by atoms with Crippen LogP contribution in [0.2, 0.25) is 0 Å². The van der Waals surface area contributed by atoms with Crippen molar-refractivity contribution in [3.63, 3.8) is 0 Å². The summed E-state index contributed by atoms with van der Waals surface area (Å²) in [6, 6.07) is 13.1. The summed E-state index contributed by atoms with van der Waals surface area (Å²) >= 11 is 0. The van der Waals surface area contributed by atoms with Crippen molar-refractivity contribution in [1.29, 1.82) is 5.26 Å². The van der Waals surface area contributed by atoms with Gasteiger partial charge >= 0.3 is 0 Å². The van der Waals surface area contributed by atoms with Crippen molar-refractivity contribution in [2.75, 3.05) is 16.2 Å². The molecule has 0 aliphatic carbocycles. The van der Waals surface area contributed by atoms with Crippen LogP contribution in [0, 0.1) is 18.3 Å². The topological polar surface area (TPSA) is 90.3 Å². The lowest BCUT2D eigenvalue weighted by atomic mass is 10.2. The fourth-order valence-electron chi connectivity index (χ4n) is 2.53. The van der Waals surface area contributed by atoms with Crippen molar-refractivity contribution in [2.45, 2.75) is 25.7 Å². The van der Waals surface area contributed by atoms with Crippen molar-refractivity contribution in [2.24, 2.45) is 0 Å². The van der Waals surface area contributed by atoms with E-state index in [4.69, 9.17) is 0 Å². The van der Waals surface area contributed by atoms with Crippen LogP contribution in [0.1, 0.15) is 25.0 Å². The van der Waals surface area contributed by atoms with Crippen LogP contribution in [0.4, 0.5) is 11.4 Å². The summed E-state index contributed by atoms with van der Waals surface area (Å²) in [6.07, 6.45) is 0. The number of carbonyl (C=O) groups is 1. The van der Waals surface area contributed by atoms with E-state index in [0.717, 1.165) is 5.56 Å². The van der Waals surface area contributed by atoms with Crippen LogP contribution in [0.25, 0.3) is 0 Å². The van der Waals surface area contributed by atoms with Gasteiger partial charge in [0.2, 0.25) is 5.91 Å². The molecule has 0 aliphatic heterocycles. The summed E-state index contributed by atoms with van der Waals surface area (Å²) in [6.45, 7) is 5.09. The lowest BCUT2D eigenvalue weighted by molar-refractivity contribution is -0.114. The standard InChI is InChI=1S/C18H19N3O3S/c1-4-21(17-11-16(20-14(3)22)10-9-13(17)2)25(23,24)18-8-6-5-7-15(18)12-19/h5-11H,4H2,1-3H3,(H,20,22). The zero-order chi connectivity index (χ0) is 18.6. The molecule has 0 aliphatic rings. The van der Waals surface area contributed by atoms with Gasteiger partial charge in [0.05, 0.1) is 11.3 Å². The lowest BCUT2D eigenvalue weighted by Crippen LogP contribution is -2.32. The van der Waals surface area contributed by atoms with Gasteiger partial charge in [0.1, 0.15) is 11.0 Å². The molecule has 1 amide bonds. The van der Waals surface area contributed by atoms with E-state index < -0.39 is 10.0 Å². The molecule has 0 fully saturated rings. The number of nitrogens with zero attached hydrogens (tertiary/aromatic N) is 2. The zero-order valence-corrected chi connectivity index (χ0v) is 15.1. The fraction of sp³-hybridized carbons (Fsp3) is 0.222. The van der Waals surface area contributed by atoms with Crippen LogP contribution in [-0.2, 0) is 14.8 Å². The molecular weight excluding hydrogens is 338 g/mol. The summed E-state index contributed by atoms with van der Waals surface area (Å²) < 4.78 is 27.5. The number of amides is 1. The van der Waals surface area contributed by atoms with Crippen molar-refractivity contribution in [1.82, 2.24) is 0 Å². The van der Waals surface area contributed by atoms with Crippen LogP contribution in [-0.4, -0.2) is 20.9 Å². The van der Waals surface area contributed by atoms with Crippen LogP contribution >= 0.6 is 0 Å². The minimum Gasteiger partial charge on any atom is -0.326 e. The average Bonchev–Trinajstić information content (AvgIpc) is 2.57. The van der Waals surface area contributed by atoms with Gasteiger partial charge in [0.25, 0.3) is 10.0 Å². The molecule has 2 rings (SSSR count). The Morgan fingerprint density at radius 1 is 1.24 bits per heavy atom. The van der Waals surface area contributed by atoms with Crippen molar-refractivity contribution in [3.05, 3.63) is 53.6 Å². The third-order valence-corrected chi connectivity index (χ3v) is 5.61. The Kier molecular flexibility index (Phi) is 5.45.